The summed E-state index contributed by atoms with van der Waals surface area (Å²) >= 11 is 0. The Hall–Kier alpha value is -3.50. The number of nitrogens with zero attached hydrogens (tertiary/aromatic N) is 2. The SMILES string of the molecule is Fc1cc(F)c(Nc2cc(-c3cccc(OC(F)(F)F)c3)nc(NC3CCCCC3)n2)c(F)c1. The van der Waals surface area contributed by atoms with Crippen molar-refractivity contribution in [2.75, 3.05) is 10.6 Å². The van der Waals surface area contributed by atoms with Crippen LogP contribution in [0.4, 0.5) is 43.8 Å². The minimum absolute atomic E-state index is 0.0325. The molecule has 1 heterocycles. The predicted molar refractivity (Wildman–Crippen MR) is 114 cm³/mol. The summed E-state index contributed by atoms with van der Waals surface area (Å²) in [5.74, 6) is -3.76. The van der Waals surface area contributed by atoms with Crippen molar-refractivity contribution < 1.29 is 31.1 Å². The predicted octanol–water partition coefficient (Wildman–Crippen LogP) is 6.95. The van der Waals surface area contributed by atoms with Gasteiger partial charge < -0.3 is 15.4 Å². The Morgan fingerprint density at radius 2 is 1.59 bits per heavy atom. The number of anilines is 3. The van der Waals surface area contributed by atoms with Gasteiger partial charge in [0.25, 0.3) is 0 Å². The lowest BCUT2D eigenvalue weighted by Gasteiger charge is -2.23. The van der Waals surface area contributed by atoms with E-state index in [2.05, 4.69) is 25.3 Å². The fraction of sp³-hybridized carbons (Fsp3) is 0.304. The van der Waals surface area contributed by atoms with Gasteiger partial charge in [-0.2, -0.15) is 4.98 Å². The first-order valence-electron chi connectivity index (χ1n) is 10.6. The average Bonchev–Trinajstić information content (AvgIpc) is 2.76. The van der Waals surface area contributed by atoms with Crippen molar-refractivity contribution in [2.45, 2.75) is 44.5 Å². The molecule has 2 aromatic carbocycles. The number of rotatable bonds is 6. The lowest BCUT2D eigenvalue weighted by Crippen LogP contribution is -2.23. The molecule has 1 saturated carbocycles. The number of aromatic nitrogens is 2. The third-order valence-electron chi connectivity index (χ3n) is 5.29. The number of hydrogen-bond acceptors (Lipinski definition) is 5. The Bertz CT molecular complexity index is 1140. The minimum atomic E-state index is -4.87. The Kier molecular flexibility index (Phi) is 6.80. The number of benzene rings is 2. The number of halogens is 6. The molecule has 0 radical (unpaired) electrons. The molecule has 4 rings (SSSR count). The molecule has 5 nitrogen and oxygen atoms in total. The maximum absolute atomic E-state index is 14.2. The quantitative estimate of drug-likeness (QED) is 0.373. The smallest absolute Gasteiger partial charge is 0.406 e. The first-order chi connectivity index (χ1) is 16.2. The molecular formula is C23H20F6N4O. The summed E-state index contributed by atoms with van der Waals surface area (Å²) in [5.41, 5.74) is -0.172. The summed E-state index contributed by atoms with van der Waals surface area (Å²) in [6, 6.07) is 7.60. The fourth-order valence-electron chi connectivity index (χ4n) is 3.80. The Morgan fingerprint density at radius 1 is 0.882 bits per heavy atom. The van der Waals surface area contributed by atoms with Crippen LogP contribution in [0.2, 0.25) is 0 Å². The summed E-state index contributed by atoms with van der Waals surface area (Å²) < 4.78 is 83.5. The highest BCUT2D eigenvalue weighted by atomic mass is 19.4. The molecule has 1 aromatic heterocycles. The largest absolute Gasteiger partial charge is 0.573 e. The van der Waals surface area contributed by atoms with Gasteiger partial charge in [-0.25, -0.2) is 18.2 Å². The van der Waals surface area contributed by atoms with Crippen molar-refractivity contribution in [1.82, 2.24) is 9.97 Å². The van der Waals surface area contributed by atoms with E-state index in [1.807, 2.05) is 0 Å². The zero-order valence-corrected chi connectivity index (χ0v) is 17.7. The van der Waals surface area contributed by atoms with Crippen LogP contribution < -0.4 is 15.4 Å². The molecule has 0 aliphatic heterocycles. The van der Waals surface area contributed by atoms with Crippen molar-refractivity contribution in [1.29, 1.82) is 0 Å². The third-order valence-corrected chi connectivity index (χ3v) is 5.29. The van der Waals surface area contributed by atoms with Crippen molar-refractivity contribution in [2.24, 2.45) is 0 Å². The van der Waals surface area contributed by atoms with Crippen LogP contribution in [-0.2, 0) is 0 Å². The molecule has 11 heteroatoms. The van der Waals surface area contributed by atoms with Crippen LogP contribution >= 0.6 is 0 Å². The van der Waals surface area contributed by atoms with Gasteiger partial charge in [0.05, 0.1) is 5.69 Å². The zero-order chi connectivity index (χ0) is 24.3. The molecule has 0 atom stereocenters. The molecule has 180 valence electrons. The summed E-state index contributed by atoms with van der Waals surface area (Å²) in [6.07, 6.45) is 0.0406. The molecule has 3 aromatic rings. The third kappa shape index (κ3) is 6.09. The van der Waals surface area contributed by atoms with E-state index in [1.165, 1.54) is 18.2 Å². The normalized spacial score (nSPS) is 14.6. The second-order valence-corrected chi connectivity index (χ2v) is 7.89. The maximum Gasteiger partial charge on any atom is 0.573 e. The van der Waals surface area contributed by atoms with Crippen molar-refractivity contribution in [3.05, 3.63) is 59.9 Å². The molecule has 0 amide bonds. The van der Waals surface area contributed by atoms with Gasteiger partial charge in [-0.3, -0.25) is 0 Å². The highest BCUT2D eigenvalue weighted by molar-refractivity contribution is 5.68. The van der Waals surface area contributed by atoms with E-state index in [0.29, 0.717) is 12.1 Å². The van der Waals surface area contributed by atoms with Gasteiger partial charge in [0, 0.05) is 29.8 Å². The van der Waals surface area contributed by atoms with Crippen LogP contribution in [0.1, 0.15) is 32.1 Å². The van der Waals surface area contributed by atoms with Gasteiger partial charge in [-0.1, -0.05) is 31.4 Å². The number of hydrogen-bond donors (Lipinski definition) is 2. The average molecular weight is 482 g/mol. The fourth-order valence-corrected chi connectivity index (χ4v) is 3.80. The van der Waals surface area contributed by atoms with Crippen molar-refractivity contribution in [3.8, 4) is 17.0 Å². The van der Waals surface area contributed by atoms with Crippen LogP contribution in [0, 0.1) is 17.5 Å². The first-order valence-corrected chi connectivity index (χ1v) is 10.6. The molecule has 0 bridgehead atoms. The van der Waals surface area contributed by atoms with E-state index >= 15 is 0 Å². The van der Waals surface area contributed by atoms with Crippen LogP contribution in [-0.4, -0.2) is 22.4 Å². The van der Waals surface area contributed by atoms with Gasteiger partial charge in [-0.15, -0.1) is 13.2 Å². The zero-order valence-electron chi connectivity index (χ0n) is 17.7. The van der Waals surface area contributed by atoms with Crippen LogP contribution in [0.3, 0.4) is 0 Å². The van der Waals surface area contributed by atoms with Crippen molar-refractivity contribution >= 4 is 17.5 Å². The van der Waals surface area contributed by atoms with E-state index < -0.39 is 35.3 Å². The topological polar surface area (TPSA) is 59.1 Å². The van der Waals surface area contributed by atoms with Crippen molar-refractivity contribution in [3.63, 3.8) is 0 Å². The van der Waals surface area contributed by atoms with Gasteiger partial charge in [-0.05, 0) is 25.0 Å². The Balaban J connectivity index is 1.71. The van der Waals surface area contributed by atoms with E-state index in [9.17, 15) is 26.3 Å². The standard InChI is InChI=1S/C23H20F6N4O/c24-14-10-17(25)21(18(26)11-14)32-20-12-19(13-5-4-8-16(9-13)34-23(27,28)29)31-22(33-20)30-15-6-2-1-3-7-15/h4-5,8-12,15H,1-3,6-7H2,(H2,30,31,32,33). The van der Waals surface area contributed by atoms with Crippen LogP contribution in [0.15, 0.2) is 42.5 Å². The van der Waals surface area contributed by atoms with Gasteiger partial charge >= 0.3 is 6.36 Å². The molecule has 0 saturated heterocycles. The number of nitrogens with one attached hydrogen (secondary N) is 2. The summed E-state index contributed by atoms with van der Waals surface area (Å²) in [6.45, 7) is 0. The molecule has 0 spiro atoms. The van der Waals surface area contributed by atoms with Crippen LogP contribution in [0.5, 0.6) is 5.75 Å². The summed E-state index contributed by atoms with van der Waals surface area (Å²) in [5, 5.41) is 5.68. The van der Waals surface area contributed by atoms with E-state index in [0.717, 1.165) is 44.2 Å². The van der Waals surface area contributed by atoms with E-state index in [1.54, 1.807) is 0 Å². The lowest BCUT2D eigenvalue weighted by atomic mass is 9.96. The summed E-state index contributed by atoms with van der Waals surface area (Å²) in [4.78, 5) is 8.65. The van der Waals surface area contributed by atoms with E-state index in [-0.39, 0.29) is 29.1 Å². The van der Waals surface area contributed by atoms with Gasteiger partial charge in [0.2, 0.25) is 5.95 Å². The first kappa shape index (κ1) is 23.7. The molecule has 2 N–H and O–H groups in total. The molecule has 1 aliphatic carbocycles. The molecule has 1 aliphatic rings. The maximum atomic E-state index is 14.2. The number of alkyl halides is 3. The highest BCUT2D eigenvalue weighted by Crippen LogP contribution is 2.31. The summed E-state index contributed by atoms with van der Waals surface area (Å²) in [7, 11) is 0. The molecular weight excluding hydrogens is 462 g/mol. The number of ether oxygens (including phenoxy) is 1. The lowest BCUT2D eigenvalue weighted by molar-refractivity contribution is -0.274. The van der Waals surface area contributed by atoms with Crippen LogP contribution in [0.25, 0.3) is 11.3 Å². The monoisotopic (exact) mass is 482 g/mol. The van der Waals surface area contributed by atoms with Gasteiger partial charge in [0.1, 0.15) is 23.1 Å². The second kappa shape index (κ2) is 9.78. The van der Waals surface area contributed by atoms with Gasteiger partial charge in [0.15, 0.2) is 11.6 Å². The Labute approximate surface area is 191 Å². The molecule has 0 unspecified atom stereocenters. The highest BCUT2D eigenvalue weighted by Gasteiger charge is 2.31. The minimum Gasteiger partial charge on any atom is -0.406 e. The second-order valence-electron chi connectivity index (χ2n) is 7.89. The molecule has 34 heavy (non-hydrogen) atoms. The molecule has 1 fully saturated rings. The van der Waals surface area contributed by atoms with E-state index in [4.69, 9.17) is 0 Å². The Morgan fingerprint density at radius 3 is 2.26 bits per heavy atom.